The van der Waals surface area contributed by atoms with Gasteiger partial charge in [0, 0.05) is 9.26 Å². The maximum absolute atomic E-state index is 8.58. The van der Waals surface area contributed by atoms with Gasteiger partial charge in [-0.2, -0.15) is 5.26 Å². The second-order valence-corrected chi connectivity index (χ2v) is 3.46. The number of aryl methyl sites for hydroxylation is 1. The van der Waals surface area contributed by atoms with Gasteiger partial charge in [-0.15, -0.1) is 0 Å². The molecule has 0 saturated carbocycles. The van der Waals surface area contributed by atoms with Crippen molar-refractivity contribution in [3.8, 4) is 6.07 Å². The smallest absolute Gasteiger partial charge is 0.0992 e. The van der Waals surface area contributed by atoms with Crippen molar-refractivity contribution < 1.29 is 0 Å². The van der Waals surface area contributed by atoms with E-state index in [-0.39, 0.29) is 0 Å². The molecule has 0 atom stereocenters. The molecule has 0 aliphatic carbocycles. The molecule has 0 aliphatic heterocycles. The summed E-state index contributed by atoms with van der Waals surface area (Å²) in [6, 6.07) is 5.65. The van der Waals surface area contributed by atoms with Gasteiger partial charge in [0.2, 0.25) is 0 Å². The maximum atomic E-state index is 8.58. The number of hydrogen-bond acceptors (Lipinski definition) is 2. The number of rotatable bonds is 0. The second-order valence-electron chi connectivity index (χ2n) is 2.30. The highest BCUT2D eigenvalue weighted by Gasteiger charge is 2.00. The fourth-order valence-corrected chi connectivity index (χ4v) is 1.58. The lowest BCUT2D eigenvalue weighted by Crippen LogP contribution is -1.93. The first kappa shape index (κ1) is 8.34. The van der Waals surface area contributed by atoms with Gasteiger partial charge in [0.1, 0.15) is 0 Å². The van der Waals surface area contributed by atoms with Crippen LogP contribution in [-0.4, -0.2) is 0 Å². The van der Waals surface area contributed by atoms with E-state index in [2.05, 4.69) is 28.7 Å². The van der Waals surface area contributed by atoms with Gasteiger partial charge in [0.25, 0.3) is 0 Å². The number of nitrogens with zero attached hydrogens (tertiary/aromatic N) is 1. The van der Waals surface area contributed by atoms with Crippen molar-refractivity contribution >= 4 is 28.3 Å². The fourth-order valence-electron chi connectivity index (χ4n) is 0.820. The van der Waals surface area contributed by atoms with Gasteiger partial charge in [-0.05, 0) is 47.2 Å². The van der Waals surface area contributed by atoms with E-state index < -0.39 is 0 Å². The Labute approximate surface area is 79.2 Å². The highest BCUT2D eigenvalue weighted by atomic mass is 127. The Bertz CT molecular complexity index is 302. The van der Waals surface area contributed by atoms with Crippen molar-refractivity contribution in [2.45, 2.75) is 6.92 Å². The van der Waals surface area contributed by atoms with Crippen LogP contribution in [-0.2, 0) is 0 Å². The van der Waals surface area contributed by atoms with E-state index in [0.29, 0.717) is 5.56 Å². The van der Waals surface area contributed by atoms with Gasteiger partial charge in [0.05, 0.1) is 11.6 Å². The van der Waals surface area contributed by atoms with Crippen molar-refractivity contribution in [1.29, 1.82) is 5.26 Å². The van der Waals surface area contributed by atoms with E-state index in [4.69, 9.17) is 11.0 Å². The molecule has 0 fully saturated rings. The number of benzene rings is 1. The molecule has 3 heteroatoms. The normalized spacial score (nSPS) is 9.18. The van der Waals surface area contributed by atoms with Gasteiger partial charge in [-0.1, -0.05) is 0 Å². The summed E-state index contributed by atoms with van der Waals surface area (Å²) >= 11 is 2.12. The Morgan fingerprint density at radius 2 is 2.18 bits per heavy atom. The minimum Gasteiger partial charge on any atom is -0.398 e. The largest absolute Gasteiger partial charge is 0.398 e. The monoisotopic (exact) mass is 258 g/mol. The van der Waals surface area contributed by atoms with Gasteiger partial charge in [-0.25, -0.2) is 0 Å². The molecule has 0 saturated heterocycles. The van der Waals surface area contributed by atoms with Crippen LogP contribution < -0.4 is 5.73 Å². The van der Waals surface area contributed by atoms with Crippen LogP contribution in [0.25, 0.3) is 0 Å². The third-order valence-corrected chi connectivity index (χ3v) is 2.36. The van der Waals surface area contributed by atoms with Crippen molar-refractivity contribution in [2.75, 3.05) is 5.73 Å². The molecule has 1 aromatic rings. The molecule has 2 N–H and O–H groups in total. The number of nitrogen functional groups attached to an aromatic ring is 1. The summed E-state index contributed by atoms with van der Waals surface area (Å²) in [6.45, 7) is 1.90. The predicted octanol–water partition coefficient (Wildman–Crippen LogP) is 2.05. The SMILES string of the molecule is Cc1cc(C#N)cc(I)c1N. The molecule has 56 valence electrons. The molecule has 0 unspecified atom stereocenters. The van der Waals surface area contributed by atoms with Crippen molar-refractivity contribution in [2.24, 2.45) is 0 Å². The first-order chi connectivity index (χ1) is 5.15. The van der Waals surface area contributed by atoms with E-state index in [9.17, 15) is 0 Å². The Kier molecular flexibility index (Phi) is 2.35. The number of nitrogens with two attached hydrogens (primary N) is 1. The Balaban J connectivity index is 3.35. The van der Waals surface area contributed by atoms with Crippen LogP contribution in [0.2, 0.25) is 0 Å². The molecular formula is C8H7IN2. The summed E-state index contributed by atoms with van der Waals surface area (Å²) in [5, 5.41) is 8.58. The van der Waals surface area contributed by atoms with Crippen molar-refractivity contribution in [1.82, 2.24) is 0 Å². The van der Waals surface area contributed by atoms with E-state index >= 15 is 0 Å². The fraction of sp³-hybridized carbons (Fsp3) is 0.125. The topological polar surface area (TPSA) is 49.8 Å². The Morgan fingerprint density at radius 3 is 2.64 bits per heavy atom. The zero-order chi connectivity index (χ0) is 8.43. The Morgan fingerprint density at radius 1 is 1.55 bits per heavy atom. The summed E-state index contributed by atoms with van der Waals surface area (Å²) in [4.78, 5) is 0. The van der Waals surface area contributed by atoms with Crippen LogP contribution in [0.4, 0.5) is 5.69 Å². The molecule has 0 radical (unpaired) electrons. The molecule has 0 aliphatic rings. The molecule has 11 heavy (non-hydrogen) atoms. The van der Waals surface area contributed by atoms with Gasteiger partial charge >= 0.3 is 0 Å². The van der Waals surface area contributed by atoms with E-state index in [1.54, 1.807) is 12.1 Å². The van der Waals surface area contributed by atoms with Crippen LogP contribution in [0, 0.1) is 21.8 Å². The molecule has 0 amide bonds. The zero-order valence-electron chi connectivity index (χ0n) is 6.06. The molecule has 0 bridgehead atoms. The minimum atomic E-state index is 0.668. The van der Waals surface area contributed by atoms with E-state index in [0.717, 1.165) is 14.8 Å². The Hall–Kier alpha value is -0.760. The average Bonchev–Trinajstić information content (AvgIpc) is 1.99. The van der Waals surface area contributed by atoms with Crippen molar-refractivity contribution in [3.05, 3.63) is 26.8 Å². The maximum Gasteiger partial charge on any atom is 0.0992 e. The summed E-state index contributed by atoms with van der Waals surface area (Å²) < 4.78 is 0.944. The van der Waals surface area contributed by atoms with Crippen LogP contribution >= 0.6 is 22.6 Å². The lowest BCUT2D eigenvalue weighted by molar-refractivity contribution is 1.40. The third kappa shape index (κ3) is 1.63. The molecule has 1 aromatic carbocycles. The van der Waals surface area contributed by atoms with E-state index in [1.165, 1.54) is 0 Å². The second kappa shape index (κ2) is 3.09. The highest BCUT2D eigenvalue weighted by Crippen LogP contribution is 2.20. The van der Waals surface area contributed by atoms with Gasteiger partial charge in [-0.3, -0.25) is 0 Å². The molecular weight excluding hydrogens is 251 g/mol. The quantitative estimate of drug-likeness (QED) is 0.572. The van der Waals surface area contributed by atoms with Crippen LogP contribution in [0.5, 0.6) is 0 Å². The third-order valence-electron chi connectivity index (χ3n) is 1.47. The van der Waals surface area contributed by atoms with Gasteiger partial charge < -0.3 is 5.73 Å². The number of nitriles is 1. The highest BCUT2D eigenvalue weighted by molar-refractivity contribution is 14.1. The van der Waals surface area contributed by atoms with E-state index in [1.807, 2.05) is 6.92 Å². The summed E-state index contributed by atoms with van der Waals surface area (Å²) in [5.74, 6) is 0. The van der Waals surface area contributed by atoms with Crippen LogP contribution in [0.3, 0.4) is 0 Å². The number of hydrogen-bond donors (Lipinski definition) is 1. The van der Waals surface area contributed by atoms with Crippen LogP contribution in [0.15, 0.2) is 12.1 Å². The molecule has 0 heterocycles. The standard InChI is InChI=1S/C8H7IN2/c1-5-2-6(4-10)3-7(9)8(5)11/h2-3H,11H2,1H3. The summed E-state index contributed by atoms with van der Waals surface area (Å²) in [7, 11) is 0. The lowest BCUT2D eigenvalue weighted by Gasteiger charge is -2.01. The molecule has 2 nitrogen and oxygen atoms in total. The first-order valence-corrected chi connectivity index (χ1v) is 4.18. The van der Waals surface area contributed by atoms with Crippen LogP contribution in [0.1, 0.15) is 11.1 Å². The number of halogens is 1. The predicted molar refractivity (Wildman–Crippen MR) is 53.0 cm³/mol. The molecule has 0 aromatic heterocycles. The minimum absolute atomic E-state index is 0.668. The molecule has 0 spiro atoms. The first-order valence-electron chi connectivity index (χ1n) is 3.11. The number of anilines is 1. The average molecular weight is 258 g/mol. The lowest BCUT2D eigenvalue weighted by atomic mass is 10.1. The van der Waals surface area contributed by atoms with Gasteiger partial charge in [0.15, 0.2) is 0 Å². The molecule has 1 rings (SSSR count). The summed E-state index contributed by atoms with van der Waals surface area (Å²) in [5.41, 5.74) is 8.09. The summed E-state index contributed by atoms with van der Waals surface area (Å²) in [6.07, 6.45) is 0. The van der Waals surface area contributed by atoms with Crippen molar-refractivity contribution in [3.63, 3.8) is 0 Å². The zero-order valence-corrected chi connectivity index (χ0v) is 8.21.